The summed E-state index contributed by atoms with van der Waals surface area (Å²) in [5.74, 6) is 0.0863. The molecular weight excluding hydrogens is 454 g/mol. The zero-order valence-corrected chi connectivity index (χ0v) is 17.9. The lowest BCUT2D eigenvalue weighted by Gasteiger charge is -2.10. The van der Waals surface area contributed by atoms with Gasteiger partial charge in [-0.2, -0.15) is 5.10 Å². The topological polar surface area (TPSA) is 50.7 Å². The Morgan fingerprint density at radius 1 is 0.931 bits per heavy atom. The molecule has 8 heteroatoms. The lowest BCUT2D eigenvalue weighted by molar-refractivity contribution is 0.0955. The number of rotatable bonds is 6. The van der Waals surface area contributed by atoms with E-state index in [9.17, 15) is 4.79 Å². The van der Waals surface area contributed by atoms with Crippen LogP contribution in [0.2, 0.25) is 20.1 Å². The van der Waals surface area contributed by atoms with Gasteiger partial charge in [-0.1, -0.05) is 58.5 Å². The van der Waals surface area contributed by atoms with Crippen molar-refractivity contribution in [2.75, 3.05) is 0 Å². The van der Waals surface area contributed by atoms with Crippen molar-refractivity contribution < 1.29 is 9.53 Å². The molecule has 0 unspecified atom stereocenters. The molecule has 0 aliphatic heterocycles. The van der Waals surface area contributed by atoms with Gasteiger partial charge in [-0.05, 0) is 54.1 Å². The predicted octanol–water partition coefficient (Wildman–Crippen LogP) is 6.64. The third kappa shape index (κ3) is 6.12. The number of nitrogens with zero attached hydrogens (tertiary/aromatic N) is 1. The van der Waals surface area contributed by atoms with Crippen LogP contribution < -0.4 is 10.2 Å². The first-order valence-electron chi connectivity index (χ1n) is 8.37. The summed E-state index contributed by atoms with van der Waals surface area (Å²) in [5.41, 5.74) is 4.20. The number of hydrogen-bond donors (Lipinski definition) is 1. The maximum Gasteiger partial charge on any atom is 0.272 e. The number of hydrazone groups is 1. The Morgan fingerprint density at radius 2 is 1.66 bits per heavy atom. The summed E-state index contributed by atoms with van der Waals surface area (Å²) in [4.78, 5) is 12.2. The fraction of sp³-hybridized carbons (Fsp3) is 0.0476. The van der Waals surface area contributed by atoms with Crippen LogP contribution in [0.15, 0.2) is 65.8 Å². The first kappa shape index (κ1) is 21.5. The lowest BCUT2D eigenvalue weighted by Crippen LogP contribution is -2.18. The minimum absolute atomic E-state index is 0.235. The molecule has 0 atom stereocenters. The highest BCUT2D eigenvalue weighted by Gasteiger charge is 2.10. The van der Waals surface area contributed by atoms with E-state index in [4.69, 9.17) is 51.1 Å². The number of carbonyl (C=O) groups excluding carboxylic acids is 1. The normalized spacial score (nSPS) is 10.9. The Labute approximate surface area is 188 Å². The Bertz CT molecular complexity index is 1070. The number of halogens is 4. The third-order valence-electron chi connectivity index (χ3n) is 3.80. The van der Waals surface area contributed by atoms with Crippen LogP contribution in [0.3, 0.4) is 0 Å². The zero-order chi connectivity index (χ0) is 20.8. The minimum Gasteiger partial charge on any atom is -0.488 e. The van der Waals surface area contributed by atoms with Crippen molar-refractivity contribution in [1.82, 2.24) is 5.43 Å². The molecule has 1 N–H and O–H groups in total. The van der Waals surface area contributed by atoms with Crippen LogP contribution in [-0.4, -0.2) is 12.1 Å². The maximum absolute atomic E-state index is 12.2. The molecule has 0 aliphatic carbocycles. The van der Waals surface area contributed by atoms with E-state index in [-0.39, 0.29) is 10.6 Å². The van der Waals surface area contributed by atoms with E-state index in [1.807, 2.05) is 18.2 Å². The van der Waals surface area contributed by atoms with E-state index < -0.39 is 5.91 Å². The maximum atomic E-state index is 12.2. The Hall–Kier alpha value is -2.24. The standard InChI is InChI=1S/C21H14Cl4N2O2/c22-15-3-1-2-13(8-15)12-29-20-7-5-16(23)9-14(20)11-26-27-21(28)18-6-4-17(24)10-19(18)25/h1-11H,12H2,(H,27,28)/b26-11-. The largest absolute Gasteiger partial charge is 0.488 e. The van der Waals surface area contributed by atoms with Gasteiger partial charge in [0, 0.05) is 20.6 Å². The minimum atomic E-state index is -0.466. The molecule has 0 saturated carbocycles. The molecule has 1 amide bonds. The van der Waals surface area contributed by atoms with Crippen LogP contribution in [0.4, 0.5) is 0 Å². The fourth-order valence-electron chi connectivity index (χ4n) is 2.43. The molecule has 0 fully saturated rings. The Kier molecular flexibility index (Phi) is 7.40. The highest BCUT2D eigenvalue weighted by Crippen LogP contribution is 2.23. The SMILES string of the molecule is O=C(N/N=C\c1cc(Cl)ccc1OCc1cccc(Cl)c1)c1ccc(Cl)cc1Cl. The quantitative estimate of drug-likeness (QED) is 0.326. The summed E-state index contributed by atoms with van der Waals surface area (Å²) >= 11 is 23.9. The van der Waals surface area contributed by atoms with Gasteiger partial charge >= 0.3 is 0 Å². The molecule has 0 radical (unpaired) electrons. The van der Waals surface area contributed by atoms with Gasteiger partial charge in [-0.15, -0.1) is 0 Å². The van der Waals surface area contributed by atoms with Crippen molar-refractivity contribution in [2.24, 2.45) is 5.10 Å². The van der Waals surface area contributed by atoms with Gasteiger partial charge in [0.2, 0.25) is 0 Å². The van der Waals surface area contributed by atoms with E-state index in [1.54, 1.807) is 30.3 Å². The molecule has 3 aromatic carbocycles. The molecule has 4 nitrogen and oxygen atoms in total. The predicted molar refractivity (Wildman–Crippen MR) is 119 cm³/mol. The molecule has 0 aliphatic rings. The third-order valence-corrected chi connectivity index (χ3v) is 4.82. The van der Waals surface area contributed by atoms with Crippen molar-refractivity contribution >= 4 is 58.5 Å². The van der Waals surface area contributed by atoms with E-state index in [1.165, 1.54) is 18.3 Å². The highest BCUT2D eigenvalue weighted by atomic mass is 35.5. The summed E-state index contributed by atoms with van der Waals surface area (Å²) in [6.45, 7) is 0.315. The monoisotopic (exact) mass is 466 g/mol. The summed E-state index contributed by atoms with van der Waals surface area (Å²) in [5, 5.41) is 5.79. The van der Waals surface area contributed by atoms with Gasteiger partial charge in [0.05, 0.1) is 16.8 Å². The van der Waals surface area contributed by atoms with Crippen molar-refractivity contribution in [2.45, 2.75) is 6.61 Å². The van der Waals surface area contributed by atoms with Crippen LogP contribution in [0.25, 0.3) is 0 Å². The first-order valence-corrected chi connectivity index (χ1v) is 9.89. The first-order chi connectivity index (χ1) is 13.9. The number of hydrogen-bond acceptors (Lipinski definition) is 3. The number of nitrogens with one attached hydrogen (secondary N) is 1. The highest BCUT2D eigenvalue weighted by molar-refractivity contribution is 6.36. The number of carbonyl (C=O) groups is 1. The Balaban J connectivity index is 1.71. The Morgan fingerprint density at radius 3 is 2.41 bits per heavy atom. The van der Waals surface area contributed by atoms with Crippen molar-refractivity contribution in [3.63, 3.8) is 0 Å². The fourth-order valence-corrected chi connectivity index (χ4v) is 3.32. The number of amides is 1. The summed E-state index contributed by atoms with van der Waals surface area (Å²) in [6, 6.07) is 17.1. The zero-order valence-electron chi connectivity index (χ0n) is 14.8. The van der Waals surface area contributed by atoms with E-state index in [0.29, 0.717) is 33.0 Å². The van der Waals surface area contributed by atoms with Gasteiger partial charge in [0.15, 0.2) is 0 Å². The van der Waals surface area contributed by atoms with Crippen molar-refractivity contribution in [3.05, 3.63) is 97.4 Å². The van der Waals surface area contributed by atoms with Gasteiger partial charge in [0.25, 0.3) is 5.91 Å². The summed E-state index contributed by atoms with van der Waals surface area (Å²) in [6.07, 6.45) is 1.45. The van der Waals surface area contributed by atoms with Gasteiger partial charge < -0.3 is 4.74 Å². The smallest absolute Gasteiger partial charge is 0.272 e. The number of benzene rings is 3. The average Bonchev–Trinajstić information content (AvgIpc) is 2.67. The second-order valence-electron chi connectivity index (χ2n) is 5.92. The van der Waals surface area contributed by atoms with Crippen molar-refractivity contribution in [3.8, 4) is 5.75 Å². The van der Waals surface area contributed by atoms with Crippen LogP contribution >= 0.6 is 46.4 Å². The van der Waals surface area contributed by atoms with Gasteiger partial charge in [0.1, 0.15) is 12.4 Å². The van der Waals surface area contributed by atoms with Crippen LogP contribution in [-0.2, 0) is 6.61 Å². The molecule has 0 aromatic heterocycles. The molecule has 29 heavy (non-hydrogen) atoms. The molecule has 148 valence electrons. The van der Waals surface area contributed by atoms with E-state index >= 15 is 0 Å². The van der Waals surface area contributed by atoms with Gasteiger partial charge in [-0.25, -0.2) is 5.43 Å². The molecule has 3 aromatic rings. The molecule has 3 rings (SSSR count). The van der Waals surface area contributed by atoms with Crippen molar-refractivity contribution in [1.29, 1.82) is 0 Å². The van der Waals surface area contributed by atoms with Crippen LogP contribution in [0.5, 0.6) is 5.75 Å². The molecule has 0 saturated heterocycles. The molecule has 0 spiro atoms. The van der Waals surface area contributed by atoms with E-state index in [0.717, 1.165) is 5.56 Å². The van der Waals surface area contributed by atoms with Gasteiger partial charge in [-0.3, -0.25) is 4.79 Å². The lowest BCUT2D eigenvalue weighted by atomic mass is 10.2. The molecule has 0 bridgehead atoms. The second-order valence-corrected chi connectivity index (χ2v) is 7.64. The summed E-state index contributed by atoms with van der Waals surface area (Å²) < 4.78 is 5.85. The average molecular weight is 468 g/mol. The van der Waals surface area contributed by atoms with Crippen LogP contribution in [0.1, 0.15) is 21.5 Å². The van der Waals surface area contributed by atoms with Crippen LogP contribution in [0, 0.1) is 0 Å². The van der Waals surface area contributed by atoms with E-state index in [2.05, 4.69) is 10.5 Å². The number of ether oxygens (including phenoxy) is 1. The molecular formula is C21H14Cl4N2O2. The molecule has 0 heterocycles. The summed E-state index contributed by atoms with van der Waals surface area (Å²) in [7, 11) is 0. The second kappa shape index (κ2) is 9.99.